The van der Waals surface area contributed by atoms with Gasteiger partial charge in [0.1, 0.15) is 11.7 Å². The highest BCUT2D eigenvalue weighted by Crippen LogP contribution is 2.48. The number of carbonyl (C=O) groups excluding carboxylic acids is 1. The molecule has 4 rings (SSSR count). The monoisotopic (exact) mass is 288 g/mol. The van der Waals surface area contributed by atoms with Crippen molar-refractivity contribution >= 4 is 17.7 Å². The number of thioether (sulfide) groups is 1. The molecule has 4 heteroatoms. The molecule has 1 heterocycles. The van der Waals surface area contributed by atoms with Gasteiger partial charge < -0.3 is 4.90 Å². The maximum absolute atomic E-state index is 12.7. The van der Waals surface area contributed by atoms with Crippen molar-refractivity contribution in [3.05, 3.63) is 29.8 Å². The van der Waals surface area contributed by atoms with Gasteiger partial charge in [0.2, 0.25) is 5.91 Å². The summed E-state index contributed by atoms with van der Waals surface area (Å²) in [5, 5.41) is 3.61. The maximum atomic E-state index is 12.7. The van der Waals surface area contributed by atoms with Gasteiger partial charge in [-0.2, -0.15) is 0 Å². The summed E-state index contributed by atoms with van der Waals surface area (Å²) in [5.41, 5.74) is 1.02. The average molecular weight is 288 g/mol. The van der Waals surface area contributed by atoms with Crippen LogP contribution in [-0.2, 0) is 4.79 Å². The Bertz CT molecular complexity index is 534. The van der Waals surface area contributed by atoms with E-state index in [9.17, 15) is 4.79 Å². The van der Waals surface area contributed by atoms with Gasteiger partial charge in [0, 0.05) is 10.9 Å². The highest BCUT2D eigenvalue weighted by atomic mass is 32.2. The first-order chi connectivity index (χ1) is 9.73. The summed E-state index contributed by atoms with van der Waals surface area (Å²) in [6.07, 6.45) is 7.80. The second kappa shape index (κ2) is 4.50. The van der Waals surface area contributed by atoms with Crippen molar-refractivity contribution in [3.8, 4) is 0 Å². The summed E-state index contributed by atoms with van der Waals surface area (Å²) in [7, 11) is 0. The van der Waals surface area contributed by atoms with Crippen molar-refractivity contribution in [1.29, 1.82) is 0 Å². The molecule has 0 aromatic heterocycles. The molecule has 0 radical (unpaired) electrons. The summed E-state index contributed by atoms with van der Waals surface area (Å²) in [5.74, 6) is 0.348. The molecule has 0 bridgehead atoms. The first kappa shape index (κ1) is 12.7. The fourth-order valence-electron chi connectivity index (χ4n) is 3.31. The van der Waals surface area contributed by atoms with Gasteiger partial charge in [0.15, 0.2) is 0 Å². The lowest BCUT2D eigenvalue weighted by molar-refractivity contribution is -0.134. The number of hydrogen-bond acceptors (Lipinski definition) is 3. The standard InChI is InChI=1S/C16H20N2OS/c1-20-13-7-5-11(6-8-13)14-17-16(9-10-16)15(19)18(14)12-3-2-4-12/h5-8,12,14,17H,2-4,9-10H2,1H3. The summed E-state index contributed by atoms with van der Waals surface area (Å²) in [4.78, 5) is 16.1. The van der Waals surface area contributed by atoms with Gasteiger partial charge >= 0.3 is 0 Å². The van der Waals surface area contributed by atoms with Gasteiger partial charge in [-0.1, -0.05) is 12.1 Å². The predicted molar refractivity (Wildman–Crippen MR) is 80.5 cm³/mol. The molecule has 3 aliphatic rings. The van der Waals surface area contributed by atoms with E-state index in [4.69, 9.17) is 0 Å². The highest BCUT2D eigenvalue weighted by Gasteiger charge is 2.60. The third kappa shape index (κ3) is 1.81. The van der Waals surface area contributed by atoms with Crippen LogP contribution in [0.5, 0.6) is 0 Å². The minimum Gasteiger partial charge on any atom is -0.318 e. The number of nitrogens with zero attached hydrogens (tertiary/aromatic N) is 1. The molecule has 3 nitrogen and oxygen atoms in total. The summed E-state index contributed by atoms with van der Waals surface area (Å²) in [6.45, 7) is 0. The van der Waals surface area contributed by atoms with Crippen LogP contribution in [-0.4, -0.2) is 28.6 Å². The predicted octanol–water partition coefficient (Wildman–Crippen LogP) is 2.92. The Kier molecular flexibility index (Phi) is 2.86. The molecule has 1 saturated heterocycles. The Morgan fingerprint density at radius 2 is 1.95 bits per heavy atom. The molecule has 20 heavy (non-hydrogen) atoms. The van der Waals surface area contributed by atoms with Gasteiger partial charge in [-0.15, -0.1) is 11.8 Å². The normalized spacial score (nSPS) is 27.9. The minimum absolute atomic E-state index is 0.0891. The van der Waals surface area contributed by atoms with Crippen LogP contribution < -0.4 is 5.32 Å². The molecular weight excluding hydrogens is 268 g/mol. The number of carbonyl (C=O) groups is 1. The zero-order chi connectivity index (χ0) is 13.7. The largest absolute Gasteiger partial charge is 0.318 e. The van der Waals surface area contributed by atoms with Crippen molar-refractivity contribution < 1.29 is 4.79 Å². The number of rotatable bonds is 3. The molecule has 1 atom stereocenters. The van der Waals surface area contributed by atoms with Crippen molar-refractivity contribution in [3.63, 3.8) is 0 Å². The third-order valence-corrected chi connectivity index (χ3v) is 5.73. The van der Waals surface area contributed by atoms with Crippen molar-refractivity contribution in [2.45, 2.75) is 54.7 Å². The number of benzene rings is 1. The van der Waals surface area contributed by atoms with Gasteiger partial charge in [0.25, 0.3) is 0 Å². The molecule has 3 fully saturated rings. The maximum Gasteiger partial charge on any atom is 0.244 e. The lowest BCUT2D eigenvalue weighted by Crippen LogP contribution is -2.44. The van der Waals surface area contributed by atoms with E-state index in [1.54, 1.807) is 11.8 Å². The lowest BCUT2D eigenvalue weighted by atomic mass is 9.90. The van der Waals surface area contributed by atoms with E-state index in [0.29, 0.717) is 11.9 Å². The Labute approximate surface area is 124 Å². The van der Waals surface area contributed by atoms with Crippen LogP contribution in [0.3, 0.4) is 0 Å². The Morgan fingerprint density at radius 3 is 2.45 bits per heavy atom. The third-order valence-electron chi connectivity index (χ3n) is 4.98. The first-order valence-electron chi connectivity index (χ1n) is 7.48. The topological polar surface area (TPSA) is 32.3 Å². The molecular formula is C16H20N2OS. The molecule has 1 aromatic rings. The van der Waals surface area contributed by atoms with Crippen LogP contribution >= 0.6 is 11.8 Å². The van der Waals surface area contributed by atoms with Crippen molar-refractivity contribution in [1.82, 2.24) is 10.2 Å². The molecule has 1 unspecified atom stereocenters. The van der Waals surface area contributed by atoms with Crippen LogP contribution in [0.2, 0.25) is 0 Å². The van der Waals surface area contributed by atoms with Gasteiger partial charge in [-0.05, 0) is 56.1 Å². The number of nitrogens with one attached hydrogen (secondary N) is 1. The van der Waals surface area contributed by atoms with Crippen LogP contribution in [0, 0.1) is 0 Å². The molecule has 1 amide bonds. The molecule has 1 aliphatic heterocycles. The van der Waals surface area contributed by atoms with E-state index in [0.717, 1.165) is 12.8 Å². The Balaban J connectivity index is 1.65. The molecule has 2 aliphatic carbocycles. The van der Waals surface area contributed by atoms with Crippen LogP contribution in [0.1, 0.15) is 43.8 Å². The van der Waals surface area contributed by atoms with E-state index >= 15 is 0 Å². The molecule has 1 spiro atoms. The number of amides is 1. The SMILES string of the molecule is CSc1ccc(C2NC3(CC3)C(=O)N2C2CCC2)cc1. The summed E-state index contributed by atoms with van der Waals surface area (Å²) in [6, 6.07) is 9.11. The van der Waals surface area contributed by atoms with Crippen molar-refractivity contribution in [2.24, 2.45) is 0 Å². The first-order valence-corrected chi connectivity index (χ1v) is 8.70. The van der Waals surface area contributed by atoms with E-state index < -0.39 is 0 Å². The second-order valence-corrected chi connectivity index (χ2v) is 7.08. The summed E-state index contributed by atoms with van der Waals surface area (Å²) >= 11 is 1.75. The zero-order valence-corrected chi connectivity index (χ0v) is 12.6. The van der Waals surface area contributed by atoms with E-state index in [2.05, 4.69) is 40.7 Å². The lowest BCUT2D eigenvalue weighted by Gasteiger charge is -2.38. The van der Waals surface area contributed by atoms with Crippen LogP contribution in [0.4, 0.5) is 0 Å². The van der Waals surface area contributed by atoms with Crippen molar-refractivity contribution in [2.75, 3.05) is 6.26 Å². The smallest absolute Gasteiger partial charge is 0.244 e. The highest BCUT2D eigenvalue weighted by molar-refractivity contribution is 7.98. The van der Waals surface area contributed by atoms with E-state index in [-0.39, 0.29) is 11.7 Å². The van der Waals surface area contributed by atoms with E-state index in [1.165, 1.54) is 29.7 Å². The van der Waals surface area contributed by atoms with Crippen LogP contribution in [0.15, 0.2) is 29.2 Å². The minimum atomic E-state index is -0.210. The fourth-order valence-corrected chi connectivity index (χ4v) is 3.72. The average Bonchev–Trinajstić information content (AvgIpc) is 3.15. The quantitative estimate of drug-likeness (QED) is 0.868. The summed E-state index contributed by atoms with van der Waals surface area (Å²) < 4.78 is 0. The molecule has 1 aromatic carbocycles. The van der Waals surface area contributed by atoms with Gasteiger partial charge in [0.05, 0.1) is 0 Å². The Morgan fingerprint density at radius 1 is 1.25 bits per heavy atom. The van der Waals surface area contributed by atoms with Gasteiger partial charge in [-0.3, -0.25) is 10.1 Å². The zero-order valence-electron chi connectivity index (χ0n) is 11.8. The Hall–Kier alpha value is -1.00. The molecule has 106 valence electrons. The number of hydrogen-bond donors (Lipinski definition) is 1. The molecule has 2 saturated carbocycles. The van der Waals surface area contributed by atoms with E-state index in [1.807, 2.05) is 0 Å². The van der Waals surface area contributed by atoms with Crippen LogP contribution in [0.25, 0.3) is 0 Å². The second-order valence-electron chi connectivity index (χ2n) is 6.20. The fraction of sp³-hybridized carbons (Fsp3) is 0.562. The molecule has 1 N–H and O–H groups in total. The van der Waals surface area contributed by atoms with Gasteiger partial charge in [-0.25, -0.2) is 0 Å².